The summed E-state index contributed by atoms with van der Waals surface area (Å²) in [6.45, 7) is 1.66. The maximum absolute atomic E-state index is 12.9. The van der Waals surface area contributed by atoms with Crippen LogP contribution in [0.25, 0.3) is 0 Å². The van der Waals surface area contributed by atoms with E-state index < -0.39 is 11.9 Å². The molecule has 1 aromatic rings. The van der Waals surface area contributed by atoms with Gasteiger partial charge in [0.15, 0.2) is 5.84 Å². The van der Waals surface area contributed by atoms with Gasteiger partial charge in [-0.25, -0.2) is 4.39 Å². The molecule has 0 spiro atoms. The molecule has 0 aliphatic rings. The Hall–Kier alpha value is -1.49. The fraction of sp³-hybridized carbons (Fsp3) is 0.222. The number of benzene rings is 1. The maximum atomic E-state index is 12.9. The van der Waals surface area contributed by atoms with Gasteiger partial charge in [0, 0.05) is 0 Å². The number of anilines is 1. The third-order valence-electron chi connectivity index (χ3n) is 1.86. The molecule has 4 nitrogen and oxygen atoms in total. The molecule has 6 heteroatoms. The molecule has 0 aromatic heterocycles. The van der Waals surface area contributed by atoms with Gasteiger partial charge in [0.05, 0.1) is 16.8 Å². The summed E-state index contributed by atoms with van der Waals surface area (Å²) in [5, 5.41) is 14.4. The van der Waals surface area contributed by atoms with Crippen LogP contribution in [0.2, 0.25) is 5.02 Å². The minimum absolute atomic E-state index is 0.00433. The van der Waals surface area contributed by atoms with E-state index in [-0.39, 0.29) is 5.84 Å². The molecule has 1 aromatic carbocycles. The molecule has 82 valence electrons. The van der Waals surface area contributed by atoms with Crippen molar-refractivity contribution in [2.24, 2.45) is 10.9 Å². The Labute approximate surface area is 91.5 Å². The van der Waals surface area contributed by atoms with E-state index in [0.717, 1.165) is 0 Å². The van der Waals surface area contributed by atoms with Gasteiger partial charge in [0.25, 0.3) is 0 Å². The second-order valence-corrected chi connectivity index (χ2v) is 3.42. The van der Waals surface area contributed by atoms with Crippen LogP contribution >= 0.6 is 11.6 Å². The van der Waals surface area contributed by atoms with Gasteiger partial charge in [-0.05, 0) is 25.1 Å². The fourth-order valence-electron chi connectivity index (χ4n) is 1.00. The SMILES string of the molecule is CC(Nc1cc(F)ccc1Cl)/C(N)=N/O. The molecule has 0 amide bonds. The van der Waals surface area contributed by atoms with Crippen molar-refractivity contribution in [3.05, 3.63) is 29.0 Å². The van der Waals surface area contributed by atoms with Crippen molar-refractivity contribution in [3.8, 4) is 0 Å². The van der Waals surface area contributed by atoms with Gasteiger partial charge in [-0.15, -0.1) is 0 Å². The highest BCUT2D eigenvalue weighted by Crippen LogP contribution is 2.22. The monoisotopic (exact) mass is 231 g/mol. The molecular weight excluding hydrogens is 221 g/mol. The van der Waals surface area contributed by atoms with Crippen molar-refractivity contribution in [2.75, 3.05) is 5.32 Å². The van der Waals surface area contributed by atoms with E-state index in [1.54, 1.807) is 6.92 Å². The quantitative estimate of drug-likeness (QED) is 0.323. The van der Waals surface area contributed by atoms with Crippen LogP contribution in [0.5, 0.6) is 0 Å². The predicted octanol–water partition coefficient (Wildman–Crippen LogP) is 2.03. The Balaban J connectivity index is 2.85. The average molecular weight is 232 g/mol. The smallest absolute Gasteiger partial charge is 0.161 e. The molecule has 0 aliphatic carbocycles. The lowest BCUT2D eigenvalue weighted by Gasteiger charge is -2.14. The lowest BCUT2D eigenvalue weighted by molar-refractivity contribution is 0.316. The first-order valence-corrected chi connectivity index (χ1v) is 4.61. The van der Waals surface area contributed by atoms with Gasteiger partial charge in [-0.1, -0.05) is 16.8 Å². The van der Waals surface area contributed by atoms with E-state index in [1.807, 2.05) is 0 Å². The number of amidine groups is 1. The molecule has 0 aliphatic heterocycles. The normalized spacial score (nSPS) is 13.7. The van der Waals surface area contributed by atoms with Gasteiger partial charge >= 0.3 is 0 Å². The Bertz CT molecular complexity index is 384. The van der Waals surface area contributed by atoms with Crippen molar-refractivity contribution in [1.29, 1.82) is 0 Å². The molecule has 0 saturated carbocycles. The van der Waals surface area contributed by atoms with E-state index in [9.17, 15) is 4.39 Å². The van der Waals surface area contributed by atoms with E-state index >= 15 is 0 Å². The Morgan fingerprint density at radius 3 is 2.93 bits per heavy atom. The third-order valence-corrected chi connectivity index (χ3v) is 2.19. The van der Waals surface area contributed by atoms with Crippen molar-refractivity contribution in [2.45, 2.75) is 13.0 Å². The zero-order chi connectivity index (χ0) is 11.4. The lowest BCUT2D eigenvalue weighted by Crippen LogP contribution is -2.33. The Kier molecular flexibility index (Phi) is 3.74. The first-order valence-electron chi connectivity index (χ1n) is 4.23. The average Bonchev–Trinajstić information content (AvgIpc) is 2.22. The Morgan fingerprint density at radius 1 is 1.67 bits per heavy atom. The summed E-state index contributed by atoms with van der Waals surface area (Å²) in [7, 11) is 0. The Morgan fingerprint density at radius 2 is 2.33 bits per heavy atom. The largest absolute Gasteiger partial charge is 0.409 e. The number of rotatable bonds is 3. The summed E-state index contributed by atoms with van der Waals surface area (Å²) in [5.74, 6) is -0.413. The zero-order valence-corrected chi connectivity index (χ0v) is 8.79. The van der Waals surface area contributed by atoms with Gasteiger partial charge in [0.2, 0.25) is 0 Å². The van der Waals surface area contributed by atoms with Gasteiger partial charge in [-0.3, -0.25) is 0 Å². The van der Waals surface area contributed by atoms with Crippen LogP contribution in [0.4, 0.5) is 10.1 Å². The van der Waals surface area contributed by atoms with Crippen molar-refractivity contribution >= 4 is 23.1 Å². The van der Waals surface area contributed by atoms with E-state index in [2.05, 4.69) is 10.5 Å². The van der Waals surface area contributed by atoms with Crippen LogP contribution in [0.3, 0.4) is 0 Å². The standard InChI is InChI=1S/C9H11ClFN3O/c1-5(9(12)14-15)13-8-4-6(11)2-3-7(8)10/h2-5,13,15H,1H3,(H2,12,14). The number of nitrogens with one attached hydrogen (secondary N) is 1. The summed E-state index contributed by atoms with van der Waals surface area (Å²) in [6.07, 6.45) is 0. The number of nitrogens with zero attached hydrogens (tertiary/aromatic N) is 1. The minimum atomic E-state index is -0.436. The predicted molar refractivity (Wildman–Crippen MR) is 57.9 cm³/mol. The molecule has 0 fully saturated rings. The summed E-state index contributed by atoms with van der Waals surface area (Å²) in [5.41, 5.74) is 5.75. The van der Waals surface area contributed by atoms with Crippen molar-refractivity contribution < 1.29 is 9.60 Å². The molecule has 0 bridgehead atoms. The molecule has 15 heavy (non-hydrogen) atoms. The molecule has 0 radical (unpaired) electrons. The number of oxime groups is 1. The van der Waals surface area contributed by atoms with E-state index in [0.29, 0.717) is 10.7 Å². The molecule has 1 atom stereocenters. The van der Waals surface area contributed by atoms with Crippen molar-refractivity contribution in [3.63, 3.8) is 0 Å². The highest BCUT2D eigenvalue weighted by atomic mass is 35.5. The maximum Gasteiger partial charge on any atom is 0.161 e. The molecule has 0 heterocycles. The third kappa shape index (κ3) is 2.99. The molecular formula is C9H11ClFN3O. The van der Waals surface area contributed by atoms with E-state index in [4.69, 9.17) is 22.5 Å². The van der Waals surface area contributed by atoms with Crippen LogP contribution in [0.1, 0.15) is 6.92 Å². The second-order valence-electron chi connectivity index (χ2n) is 3.02. The highest BCUT2D eigenvalue weighted by molar-refractivity contribution is 6.33. The van der Waals surface area contributed by atoms with Gasteiger partial charge in [-0.2, -0.15) is 0 Å². The van der Waals surface area contributed by atoms with Gasteiger partial charge < -0.3 is 16.3 Å². The van der Waals surface area contributed by atoms with E-state index in [1.165, 1.54) is 18.2 Å². The summed E-state index contributed by atoms with van der Waals surface area (Å²) in [6, 6.07) is 3.48. The summed E-state index contributed by atoms with van der Waals surface area (Å²) >= 11 is 5.82. The van der Waals surface area contributed by atoms with Crippen LogP contribution in [-0.4, -0.2) is 17.1 Å². The zero-order valence-electron chi connectivity index (χ0n) is 8.04. The fourth-order valence-corrected chi connectivity index (χ4v) is 1.17. The number of hydrogen-bond acceptors (Lipinski definition) is 3. The molecule has 0 saturated heterocycles. The van der Waals surface area contributed by atoms with Crippen LogP contribution in [0, 0.1) is 5.82 Å². The van der Waals surface area contributed by atoms with Crippen LogP contribution in [-0.2, 0) is 0 Å². The van der Waals surface area contributed by atoms with Gasteiger partial charge in [0.1, 0.15) is 5.82 Å². The molecule has 1 unspecified atom stereocenters. The highest BCUT2D eigenvalue weighted by Gasteiger charge is 2.09. The molecule has 4 N–H and O–H groups in total. The lowest BCUT2D eigenvalue weighted by atomic mass is 10.2. The minimum Gasteiger partial charge on any atom is -0.409 e. The van der Waals surface area contributed by atoms with Crippen LogP contribution in [0.15, 0.2) is 23.4 Å². The topological polar surface area (TPSA) is 70.6 Å². The number of halogens is 2. The second kappa shape index (κ2) is 4.84. The van der Waals surface area contributed by atoms with Crippen molar-refractivity contribution in [1.82, 2.24) is 0 Å². The van der Waals surface area contributed by atoms with Crippen LogP contribution < -0.4 is 11.1 Å². The number of hydrogen-bond donors (Lipinski definition) is 3. The summed E-state index contributed by atoms with van der Waals surface area (Å²) in [4.78, 5) is 0. The molecule has 1 rings (SSSR count). The summed E-state index contributed by atoms with van der Waals surface area (Å²) < 4.78 is 12.9. The number of nitrogens with two attached hydrogens (primary N) is 1. The first kappa shape index (κ1) is 11.6. The first-order chi connectivity index (χ1) is 7.04.